The highest BCUT2D eigenvalue weighted by Crippen LogP contribution is 2.33. The molecule has 0 aliphatic rings. The van der Waals surface area contributed by atoms with E-state index in [0.717, 1.165) is 15.8 Å². The molecule has 3 aromatic rings. The van der Waals surface area contributed by atoms with Crippen LogP contribution in [0.25, 0.3) is 22.3 Å². The summed E-state index contributed by atoms with van der Waals surface area (Å²) in [6.45, 7) is 0. The number of anilines is 1. The minimum absolute atomic E-state index is 0.523. The van der Waals surface area contributed by atoms with Crippen LogP contribution in [0.4, 0.5) is 10.5 Å². The van der Waals surface area contributed by atoms with Gasteiger partial charge in [-0.25, -0.2) is 4.79 Å². The Balaban J connectivity index is 2.17. The Morgan fingerprint density at radius 3 is 2.70 bits per heavy atom. The molecule has 1 N–H and O–H groups in total. The van der Waals surface area contributed by atoms with E-state index in [4.69, 9.17) is 9.52 Å². The lowest BCUT2D eigenvalue weighted by Gasteiger charge is -2.12. The van der Waals surface area contributed by atoms with E-state index in [9.17, 15) is 4.79 Å². The van der Waals surface area contributed by atoms with Crippen molar-refractivity contribution in [1.29, 1.82) is 0 Å². The average molecular weight is 268 g/mol. The van der Waals surface area contributed by atoms with E-state index in [1.54, 1.807) is 18.5 Å². The molecule has 5 nitrogen and oxygen atoms in total. The maximum atomic E-state index is 11.1. The molecule has 0 atom stereocenters. The van der Waals surface area contributed by atoms with E-state index < -0.39 is 6.09 Å². The third-order valence-corrected chi connectivity index (χ3v) is 3.14. The second-order valence-electron chi connectivity index (χ2n) is 4.38. The third kappa shape index (κ3) is 1.99. The minimum Gasteiger partial charge on any atom is -0.465 e. The van der Waals surface area contributed by atoms with Crippen LogP contribution in [-0.2, 0) is 0 Å². The smallest absolute Gasteiger partial charge is 0.411 e. The van der Waals surface area contributed by atoms with Gasteiger partial charge in [0.25, 0.3) is 0 Å². The van der Waals surface area contributed by atoms with Gasteiger partial charge in [0.05, 0.1) is 5.69 Å². The van der Waals surface area contributed by atoms with Gasteiger partial charge in [0, 0.05) is 30.4 Å². The minimum atomic E-state index is -1.03. The SMILES string of the molecule is CN(C(=O)O)c1cccc2cc(-c3ccncc3)oc12. The Morgan fingerprint density at radius 2 is 2.00 bits per heavy atom. The number of carbonyl (C=O) groups is 1. The van der Waals surface area contributed by atoms with Gasteiger partial charge in [-0.1, -0.05) is 12.1 Å². The van der Waals surface area contributed by atoms with Crippen LogP contribution < -0.4 is 4.90 Å². The van der Waals surface area contributed by atoms with Gasteiger partial charge in [-0.15, -0.1) is 0 Å². The molecule has 20 heavy (non-hydrogen) atoms. The van der Waals surface area contributed by atoms with Gasteiger partial charge in [-0.2, -0.15) is 0 Å². The van der Waals surface area contributed by atoms with E-state index in [2.05, 4.69) is 4.98 Å². The zero-order chi connectivity index (χ0) is 14.1. The number of pyridine rings is 1. The first-order valence-corrected chi connectivity index (χ1v) is 6.06. The third-order valence-electron chi connectivity index (χ3n) is 3.14. The molecule has 0 saturated heterocycles. The van der Waals surface area contributed by atoms with Gasteiger partial charge < -0.3 is 9.52 Å². The standard InChI is InChI=1S/C15H12N2O3/c1-17(15(18)19)12-4-2-3-11-9-13(20-14(11)12)10-5-7-16-8-6-10/h2-9H,1H3,(H,18,19). The first-order valence-electron chi connectivity index (χ1n) is 6.06. The van der Waals surface area contributed by atoms with Crippen molar-refractivity contribution in [3.8, 4) is 11.3 Å². The van der Waals surface area contributed by atoms with Crippen LogP contribution >= 0.6 is 0 Å². The van der Waals surface area contributed by atoms with Crippen molar-refractivity contribution in [2.45, 2.75) is 0 Å². The number of hydrogen-bond acceptors (Lipinski definition) is 3. The molecular formula is C15H12N2O3. The van der Waals surface area contributed by atoms with Crippen LogP contribution in [-0.4, -0.2) is 23.2 Å². The Labute approximate surface area is 115 Å². The lowest BCUT2D eigenvalue weighted by atomic mass is 10.2. The second kappa shape index (κ2) is 4.70. The number of aromatic nitrogens is 1. The van der Waals surface area contributed by atoms with Crippen molar-refractivity contribution < 1.29 is 14.3 Å². The summed E-state index contributed by atoms with van der Waals surface area (Å²) in [5.41, 5.74) is 1.99. The van der Waals surface area contributed by atoms with Crippen molar-refractivity contribution in [2.75, 3.05) is 11.9 Å². The van der Waals surface area contributed by atoms with Crippen molar-refractivity contribution >= 4 is 22.7 Å². The lowest BCUT2D eigenvalue weighted by Crippen LogP contribution is -2.23. The maximum absolute atomic E-state index is 11.1. The molecule has 0 saturated carbocycles. The molecular weight excluding hydrogens is 256 g/mol. The molecule has 0 unspecified atom stereocenters. The average Bonchev–Trinajstić information content (AvgIpc) is 2.91. The van der Waals surface area contributed by atoms with E-state index in [-0.39, 0.29) is 0 Å². The quantitative estimate of drug-likeness (QED) is 0.771. The van der Waals surface area contributed by atoms with Crippen LogP contribution in [0.5, 0.6) is 0 Å². The Morgan fingerprint density at radius 1 is 1.25 bits per heavy atom. The monoisotopic (exact) mass is 268 g/mol. The van der Waals surface area contributed by atoms with Gasteiger partial charge in [0.1, 0.15) is 5.76 Å². The zero-order valence-corrected chi connectivity index (χ0v) is 10.8. The summed E-state index contributed by atoms with van der Waals surface area (Å²) < 4.78 is 5.82. The van der Waals surface area contributed by atoms with Gasteiger partial charge >= 0.3 is 6.09 Å². The second-order valence-corrected chi connectivity index (χ2v) is 4.38. The number of para-hydroxylation sites is 1. The molecule has 1 amide bonds. The number of carboxylic acid groups (broad SMARTS) is 1. The summed E-state index contributed by atoms with van der Waals surface area (Å²) in [4.78, 5) is 16.2. The predicted molar refractivity (Wildman–Crippen MR) is 75.9 cm³/mol. The number of nitrogens with zero attached hydrogens (tertiary/aromatic N) is 2. The summed E-state index contributed by atoms with van der Waals surface area (Å²) in [5.74, 6) is 0.689. The van der Waals surface area contributed by atoms with E-state index in [1.807, 2.05) is 30.3 Å². The number of furan rings is 1. The van der Waals surface area contributed by atoms with Gasteiger partial charge in [-0.05, 0) is 24.3 Å². The van der Waals surface area contributed by atoms with Crippen LogP contribution in [0.1, 0.15) is 0 Å². The van der Waals surface area contributed by atoms with Crippen LogP contribution in [0.2, 0.25) is 0 Å². The molecule has 5 heteroatoms. The number of rotatable bonds is 2. The molecule has 1 aromatic carbocycles. The Kier molecular flexibility index (Phi) is 2.87. The van der Waals surface area contributed by atoms with E-state index in [1.165, 1.54) is 7.05 Å². The first kappa shape index (κ1) is 12.2. The highest BCUT2D eigenvalue weighted by atomic mass is 16.4. The molecule has 0 aliphatic heterocycles. The molecule has 0 aliphatic carbocycles. The summed E-state index contributed by atoms with van der Waals surface area (Å²) in [7, 11) is 1.49. The molecule has 2 aromatic heterocycles. The van der Waals surface area contributed by atoms with Gasteiger partial charge in [-0.3, -0.25) is 9.88 Å². The Bertz CT molecular complexity index is 765. The Hall–Kier alpha value is -2.82. The normalized spacial score (nSPS) is 10.7. The van der Waals surface area contributed by atoms with Crippen LogP contribution in [0.15, 0.2) is 53.2 Å². The lowest BCUT2D eigenvalue weighted by molar-refractivity contribution is 0.203. The molecule has 0 fully saturated rings. The summed E-state index contributed by atoms with van der Waals surface area (Å²) in [6.07, 6.45) is 2.35. The van der Waals surface area contributed by atoms with Crippen LogP contribution in [0, 0.1) is 0 Å². The summed E-state index contributed by atoms with van der Waals surface area (Å²) in [5, 5.41) is 9.96. The molecule has 100 valence electrons. The fourth-order valence-electron chi connectivity index (χ4n) is 2.07. The topological polar surface area (TPSA) is 66.6 Å². The fourth-order valence-corrected chi connectivity index (χ4v) is 2.07. The van der Waals surface area contributed by atoms with Crippen molar-refractivity contribution in [3.05, 3.63) is 48.8 Å². The van der Waals surface area contributed by atoms with Crippen molar-refractivity contribution in [3.63, 3.8) is 0 Å². The number of amides is 1. The number of benzene rings is 1. The highest BCUT2D eigenvalue weighted by molar-refractivity contribution is 5.99. The summed E-state index contributed by atoms with van der Waals surface area (Å²) in [6, 6.07) is 11.0. The molecule has 2 heterocycles. The molecule has 0 bridgehead atoms. The molecule has 0 radical (unpaired) electrons. The maximum Gasteiger partial charge on any atom is 0.411 e. The zero-order valence-electron chi connectivity index (χ0n) is 10.8. The van der Waals surface area contributed by atoms with E-state index in [0.29, 0.717) is 17.0 Å². The van der Waals surface area contributed by atoms with Gasteiger partial charge in [0.2, 0.25) is 0 Å². The summed E-state index contributed by atoms with van der Waals surface area (Å²) >= 11 is 0. The van der Waals surface area contributed by atoms with Crippen molar-refractivity contribution in [2.24, 2.45) is 0 Å². The van der Waals surface area contributed by atoms with E-state index >= 15 is 0 Å². The van der Waals surface area contributed by atoms with Crippen molar-refractivity contribution in [1.82, 2.24) is 4.98 Å². The number of hydrogen-bond donors (Lipinski definition) is 1. The highest BCUT2D eigenvalue weighted by Gasteiger charge is 2.15. The largest absolute Gasteiger partial charge is 0.465 e. The number of fused-ring (bicyclic) bond motifs is 1. The van der Waals surface area contributed by atoms with Gasteiger partial charge in [0.15, 0.2) is 5.58 Å². The fraction of sp³-hybridized carbons (Fsp3) is 0.0667. The first-order chi connectivity index (χ1) is 9.66. The molecule has 3 rings (SSSR count). The van der Waals surface area contributed by atoms with Crippen LogP contribution in [0.3, 0.4) is 0 Å². The molecule has 0 spiro atoms. The predicted octanol–water partition coefficient (Wildman–Crippen LogP) is 3.61.